The van der Waals surface area contributed by atoms with E-state index in [-0.39, 0.29) is 0 Å². The summed E-state index contributed by atoms with van der Waals surface area (Å²) in [5, 5.41) is 0. The van der Waals surface area contributed by atoms with Crippen molar-refractivity contribution in [2.24, 2.45) is 0 Å². The quantitative estimate of drug-likeness (QED) is 0.634. The smallest absolute Gasteiger partial charge is 0.0755 e. The van der Waals surface area contributed by atoms with Gasteiger partial charge in [-0.1, -0.05) is 0 Å². The second-order valence-electron chi connectivity index (χ2n) is 4.57. The Morgan fingerprint density at radius 3 is 2.56 bits per heavy atom. The van der Waals surface area contributed by atoms with Gasteiger partial charge in [-0.3, -0.25) is 0 Å². The average Bonchev–Trinajstić information content (AvgIpc) is 2.58. The molecule has 2 heterocycles. The highest BCUT2D eigenvalue weighted by molar-refractivity contribution is 14.1. The number of halogens is 1. The summed E-state index contributed by atoms with van der Waals surface area (Å²) in [6, 6.07) is 6.28. The molecule has 2 aliphatic rings. The van der Waals surface area contributed by atoms with Crippen molar-refractivity contribution in [3.8, 4) is 0 Å². The third-order valence-electron chi connectivity index (χ3n) is 3.37. The molecule has 2 unspecified atom stereocenters. The standard InChI is InChI=1S/C12H15IN2O/c13-8-1-4-12(11(14)5-8)15-6-9-2-3-10(7-15)16-9/h1,4-5,9-10H,2-3,6-7,14H2. The van der Waals surface area contributed by atoms with E-state index in [4.69, 9.17) is 10.5 Å². The van der Waals surface area contributed by atoms with Crippen molar-refractivity contribution in [1.29, 1.82) is 0 Å². The van der Waals surface area contributed by atoms with Crippen molar-refractivity contribution in [3.05, 3.63) is 21.8 Å². The highest BCUT2D eigenvalue weighted by Crippen LogP contribution is 2.32. The third-order valence-corrected chi connectivity index (χ3v) is 4.04. The van der Waals surface area contributed by atoms with Crippen LogP contribution in [0.5, 0.6) is 0 Å². The monoisotopic (exact) mass is 330 g/mol. The number of hydrogen-bond acceptors (Lipinski definition) is 3. The van der Waals surface area contributed by atoms with Crippen LogP contribution in [0, 0.1) is 3.57 Å². The summed E-state index contributed by atoms with van der Waals surface area (Å²) in [6.45, 7) is 1.97. The molecule has 0 aromatic heterocycles. The zero-order valence-corrected chi connectivity index (χ0v) is 11.2. The van der Waals surface area contributed by atoms with Gasteiger partial charge in [-0.2, -0.15) is 0 Å². The molecule has 2 bridgehead atoms. The highest BCUT2D eigenvalue weighted by atomic mass is 127. The molecule has 1 aromatic rings. The Labute approximate surface area is 109 Å². The average molecular weight is 330 g/mol. The van der Waals surface area contributed by atoms with Crippen LogP contribution in [0.1, 0.15) is 12.8 Å². The molecular formula is C12H15IN2O. The first-order valence-electron chi connectivity index (χ1n) is 5.68. The molecule has 2 atom stereocenters. The van der Waals surface area contributed by atoms with Gasteiger partial charge in [-0.25, -0.2) is 0 Å². The van der Waals surface area contributed by atoms with Gasteiger partial charge in [0.15, 0.2) is 0 Å². The Bertz CT molecular complexity index is 398. The normalized spacial score (nSPS) is 28.4. The Hall–Kier alpha value is -0.490. The molecule has 4 heteroatoms. The molecule has 0 aliphatic carbocycles. The lowest BCUT2D eigenvalue weighted by atomic mass is 10.2. The molecule has 2 aliphatic heterocycles. The summed E-state index contributed by atoms with van der Waals surface area (Å²) in [4.78, 5) is 2.37. The van der Waals surface area contributed by atoms with Crippen LogP contribution in [0.3, 0.4) is 0 Å². The number of anilines is 2. The van der Waals surface area contributed by atoms with E-state index in [1.807, 2.05) is 6.07 Å². The molecule has 16 heavy (non-hydrogen) atoms. The van der Waals surface area contributed by atoms with E-state index in [9.17, 15) is 0 Å². The fourth-order valence-corrected chi connectivity index (χ4v) is 3.14. The van der Waals surface area contributed by atoms with Gasteiger partial charge in [-0.05, 0) is 53.6 Å². The Morgan fingerprint density at radius 2 is 1.94 bits per heavy atom. The van der Waals surface area contributed by atoms with E-state index < -0.39 is 0 Å². The van der Waals surface area contributed by atoms with Gasteiger partial charge >= 0.3 is 0 Å². The van der Waals surface area contributed by atoms with E-state index in [0.29, 0.717) is 12.2 Å². The fraction of sp³-hybridized carbons (Fsp3) is 0.500. The molecule has 2 fully saturated rings. The molecular weight excluding hydrogens is 315 g/mol. The minimum absolute atomic E-state index is 0.414. The van der Waals surface area contributed by atoms with Crippen LogP contribution in [0.15, 0.2) is 18.2 Å². The lowest BCUT2D eigenvalue weighted by molar-refractivity contribution is 0.0305. The van der Waals surface area contributed by atoms with Crippen LogP contribution < -0.4 is 10.6 Å². The van der Waals surface area contributed by atoms with Crippen molar-refractivity contribution in [1.82, 2.24) is 0 Å². The van der Waals surface area contributed by atoms with Crippen molar-refractivity contribution >= 4 is 34.0 Å². The predicted octanol–water partition coefficient (Wildman–Crippen LogP) is 2.24. The van der Waals surface area contributed by atoms with Gasteiger partial charge in [0.05, 0.1) is 23.6 Å². The number of rotatable bonds is 1. The lowest BCUT2D eigenvalue weighted by Crippen LogP contribution is -2.42. The summed E-state index contributed by atoms with van der Waals surface area (Å²) in [6.07, 6.45) is 3.23. The maximum absolute atomic E-state index is 6.08. The predicted molar refractivity (Wildman–Crippen MR) is 73.7 cm³/mol. The molecule has 0 amide bonds. The fourth-order valence-electron chi connectivity index (χ4n) is 2.62. The number of benzene rings is 1. The molecule has 2 saturated heterocycles. The zero-order valence-electron chi connectivity index (χ0n) is 9.03. The number of hydrogen-bond donors (Lipinski definition) is 1. The maximum atomic E-state index is 6.08. The molecule has 2 N–H and O–H groups in total. The number of nitrogens with zero attached hydrogens (tertiary/aromatic N) is 1. The molecule has 3 rings (SSSR count). The second kappa shape index (κ2) is 4.07. The van der Waals surface area contributed by atoms with Gasteiger partial charge in [0.1, 0.15) is 0 Å². The SMILES string of the molecule is Nc1cc(I)ccc1N1CC2CCC(C1)O2. The summed E-state index contributed by atoms with van der Waals surface area (Å²) in [5.74, 6) is 0. The van der Waals surface area contributed by atoms with Crippen molar-refractivity contribution in [2.75, 3.05) is 23.7 Å². The van der Waals surface area contributed by atoms with E-state index in [2.05, 4.69) is 39.6 Å². The van der Waals surface area contributed by atoms with Crippen LogP contribution in [-0.2, 0) is 4.74 Å². The molecule has 86 valence electrons. The molecule has 0 spiro atoms. The summed E-state index contributed by atoms with van der Waals surface area (Å²) in [7, 11) is 0. The maximum Gasteiger partial charge on any atom is 0.0755 e. The number of nitrogens with two attached hydrogens (primary N) is 1. The largest absolute Gasteiger partial charge is 0.397 e. The Balaban J connectivity index is 1.87. The number of nitrogen functional groups attached to an aromatic ring is 1. The van der Waals surface area contributed by atoms with E-state index in [0.717, 1.165) is 18.8 Å². The second-order valence-corrected chi connectivity index (χ2v) is 5.81. The van der Waals surface area contributed by atoms with Crippen LogP contribution in [0.4, 0.5) is 11.4 Å². The summed E-state index contributed by atoms with van der Waals surface area (Å²) in [5.41, 5.74) is 8.13. The summed E-state index contributed by atoms with van der Waals surface area (Å²) < 4.78 is 7.02. The van der Waals surface area contributed by atoms with Gasteiger partial charge in [-0.15, -0.1) is 0 Å². The number of ether oxygens (including phenoxy) is 1. The first-order chi connectivity index (χ1) is 7.72. The van der Waals surface area contributed by atoms with Crippen molar-refractivity contribution < 1.29 is 4.74 Å². The van der Waals surface area contributed by atoms with E-state index >= 15 is 0 Å². The molecule has 1 aromatic carbocycles. The van der Waals surface area contributed by atoms with Gasteiger partial charge in [0, 0.05) is 16.7 Å². The first kappa shape index (κ1) is 10.7. The van der Waals surface area contributed by atoms with Crippen LogP contribution >= 0.6 is 22.6 Å². The van der Waals surface area contributed by atoms with Gasteiger partial charge < -0.3 is 15.4 Å². The summed E-state index contributed by atoms with van der Waals surface area (Å²) >= 11 is 2.29. The number of morpholine rings is 1. The minimum Gasteiger partial charge on any atom is -0.397 e. The van der Waals surface area contributed by atoms with Crippen LogP contribution in [-0.4, -0.2) is 25.3 Å². The van der Waals surface area contributed by atoms with E-state index in [1.54, 1.807) is 0 Å². The molecule has 0 radical (unpaired) electrons. The zero-order chi connectivity index (χ0) is 11.1. The van der Waals surface area contributed by atoms with Crippen LogP contribution in [0.25, 0.3) is 0 Å². The molecule has 3 nitrogen and oxygen atoms in total. The topological polar surface area (TPSA) is 38.5 Å². The molecule has 0 saturated carbocycles. The minimum atomic E-state index is 0.414. The van der Waals surface area contributed by atoms with Crippen molar-refractivity contribution in [3.63, 3.8) is 0 Å². The van der Waals surface area contributed by atoms with Crippen LogP contribution in [0.2, 0.25) is 0 Å². The Morgan fingerprint density at radius 1 is 1.25 bits per heavy atom. The third kappa shape index (κ3) is 1.88. The lowest BCUT2D eigenvalue weighted by Gasteiger charge is -2.34. The van der Waals surface area contributed by atoms with Crippen molar-refractivity contribution in [2.45, 2.75) is 25.0 Å². The Kier molecular flexibility index (Phi) is 2.71. The van der Waals surface area contributed by atoms with Gasteiger partial charge in [0.2, 0.25) is 0 Å². The first-order valence-corrected chi connectivity index (χ1v) is 6.75. The highest BCUT2D eigenvalue weighted by Gasteiger charge is 2.34. The van der Waals surface area contributed by atoms with E-state index in [1.165, 1.54) is 22.1 Å². The van der Waals surface area contributed by atoms with Gasteiger partial charge in [0.25, 0.3) is 0 Å². The number of fused-ring (bicyclic) bond motifs is 2.